The second-order valence-corrected chi connectivity index (χ2v) is 6.74. The summed E-state index contributed by atoms with van der Waals surface area (Å²) < 4.78 is 0. The highest BCUT2D eigenvalue weighted by Crippen LogP contribution is 2.23. The molecule has 0 unspecified atom stereocenters. The molecule has 2 aromatic heterocycles. The maximum atomic E-state index is 12.6. The Labute approximate surface area is 150 Å². The number of hydrogen-bond acceptors (Lipinski definition) is 5. The number of pyridine rings is 1. The number of benzene rings is 1. The Morgan fingerprint density at radius 1 is 1.12 bits per heavy atom. The lowest BCUT2D eigenvalue weighted by molar-refractivity contribution is 0.0612. The van der Waals surface area contributed by atoms with E-state index in [-0.39, 0.29) is 17.9 Å². The minimum atomic E-state index is -0.221. The molecular formula is C19H19N5O2. The van der Waals surface area contributed by atoms with Crippen LogP contribution in [0.2, 0.25) is 0 Å². The third-order valence-electron chi connectivity index (χ3n) is 4.82. The molecule has 0 aliphatic carbocycles. The number of likely N-dealkylation sites (N-methyl/N-ethyl adjacent to an activating group) is 1. The van der Waals surface area contributed by atoms with E-state index >= 15 is 0 Å². The van der Waals surface area contributed by atoms with Crippen LogP contribution >= 0.6 is 0 Å². The van der Waals surface area contributed by atoms with Crippen LogP contribution in [0.5, 0.6) is 0 Å². The highest BCUT2D eigenvalue weighted by atomic mass is 16.2. The molecule has 7 heteroatoms. The molecule has 2 amide bonds. The molecule has 1 N–H and O–H groups in total. The highest BCUT2D eigenvalue weighted by molar-refractivity contribution is 6.21. The number of H-pyrrole nitrogens is 1. The molecule has 1 atom stereocenters. The van der Waals surface area contributed by atoms with Crippen molar-refractivity contribution in [3.8, 4) is 0 Å². The zero-order chi connectivity index (χ0) is 18.3. The van der Waals surface area contributed by atoms with E-state index in [0.717, 1.165) is 16.6 Å². The molecule has 0 spiro atoms. The Bertz CT molecular complexity index is 959. The normalized spacial score (nSPS) is 15.1. The molecule has 0 saturated heterocycles. The van der Waals surface area contributed by atoms with Crippen LogP contribution in [0.15, 0.2) is 42.7 Å². The fourth-order valence-corrected chi connectivity index (χ4v) is 3.29. The number of nitrogens with zero attached hydrogens (tertiary/aromatic N) is 4. The molecular weight excluding hydrogens is 330 g/mol. The molecule has 1 aromatic carbocycles. The molecule has 1 aliphatic heterocycles. The maximum absolute atomic E-state index is 12.6. The van der Waals surface area contributed by atoms with Gasteiger partial charge in [0, 0.05) is 24.2 Å². The van der Waals surface area contributed by atoms with E-state index in [4.69, 9.17) is 0 Å². The number of carbonyl (C=O) groups is 2. The van der Waals surface area contributed by atoms with E-state index in [1.807, 2.05) is 25.1 Å². The molecule has 3 aromatic rings. The highest BCUT2D eigenvalue weighted by Gasteiger charge is 2.36. The number of aromatic amines is 1. The van der Waals surface area contributed by atoms with Crippen LogP contribution in [0.1, 0.15) is 26.3 Å². The van der Waals surface area contributed by atoms with Crippen LogP contribution in [0.25, 0.3) is 11.0 Å². The van der Waals surface area contributed by atoms with Crippen molar-refractivity contribution in [2.45, 2.75) is 12.5 Å². The number of hydrogen-bond donors (Lipinski definition) is 1. The molecule has 26 heavy (non-hydrogen) atoms. The quantitative estimate of drug-likeness (QED) is 0.710. The van der Waals surface area contributed by atoms with Gasteiger partial charge in [-0.15, -0.1) is 0 Å². The second-order valence-electron chi connectivity index (χ2n) is 6.74. The first kappa shape index (κ1) is 16.4. The van der Waals surface area contributed by atoms with E-state index in [1.54, 1.807) is 36.7 Å². The smallest absolute Gasteiger partial charge is 0.261 e. The molecule has 132 valence electrons. The zero-order valence-corrected chi connectivity index (χ0v) is 14.6. The van der Waals surface area contributed by atoms with Gasteiger partial charge in [0.25, 0.3) is 11.8 Å². The molecule has 0 bridgehead atoms. The zero-order valence-electron chi connectivity index (χ0n) is 14.6. The van der Waals surface area contributed by atoms with Crippen molar-refractivity contribution in [3.63, 3.8) is 0 Å². The van der Waals surface area contributed by atoms with Crippen LogP contribution in [-0.4, -0.2) is 63.5 Å². The Kier molecular flexibility index (Phi) is 4.00. The van der Waals surface area contributed by atoms with Crippen molar-refractivity contribution in [2.75, 3.05) is 20.6 Å². The topological polar surface area (TPSA) is 82.2 Å². The molecule has 3 heterocycles. The summed E-state index contributed by atoms with van der Waals surface area (Å²) >= 11 is 0. The van der Waals surface area contributed by atoms with Gasteiger partial charge in [0.05, 0.1) is 17.3 Å². The fourth-order valence-electron chi connectivity index (χ4n) is 3.29. The minimum Gasteiger partial charge on any atom is -0.304 e. The van der Waals surface area contributed by atoms with Gasteiger partial charge in [-0.1, -0.05) is 12.1 Å². The Morgan fingerprint density at radius 3 is 2.46 bits per heavy atom. The predicted molar refractivity (Wildman–Crippen MR) is 96.9 cm³/mol. The van der Waals surface area contributed by atoms with Gasteiger partial charge in [0.1, 0.15) is 0 Å². The second kappa shape index (κ2) is 6.34. The molecule has 7 nitrogen and oxygen atoms in total. The standard InChI is InChI=1S/C19H19N5O2/c1-23(2)14(8-12-7-13-10-21-22-17(13)20-9-12)11-24-18(25)15-5-3-4-6-16(15)19(24)26/h3-7,9-10,14H,8,11H2,1-2H3,(H,20,21,22)/t14-/m0/s1. The monoisotopic (exact) mass is 349 g/mol. The first-order valence-electron chi connectivity index (χ1n) is 8.44. The largest absolute Gasteiger partial charge is 0.304 e. The summed E-state index contributed by atoms with van der Waals surface area (Å²) in [6, 6.07) is 8.99. The predicted octanol–water partition coefficient (Wildman–Crippen LogP) is 1.73. The van der Waals surface area contributed by atoms with Crippen molar-refractivity contribution in [3.05, 3.63) is 59.4 Å². The summed E-state index contributed by atoms with van der Waals surface area (Å²) in [5, 5.41) is 7.77. The SMILES string of the molecule is CN(C)[C@@H](Cc1cnc2[nH]ncc2c1)CN1C(=O)c2ccccc2C1=O. The lowest BCUT2D eigenvalue weighted by atomic mass is 10.1. The first-order chi connectivity index (χ1) is 12.5. The van der Waals surface area contributed by atoms with Crippen molar-refractivity contribution < 1.29 is 9.59 Å². The van der Waals surface area contributed by atoms with Gasteiger partial charge in [-0.3, -0.25) is 19.6 Å². The van der Waals surface area contributed by atoms with Gasteiger partial charge in [-0.25, -0.2) is 4.98 Å². The third kappa shape index (κ3) is 2.76. The Hall–Kier alpha value is -3.06. The molecule has 1 aliphatic rings. The Balaban J connectivity index is 1.56. The fraction of sp³-hybridized carbons (Fsp3) is 0.263. The van der Waals surface area contributed by atoms with Gasteiger partial charge in [-0.05, 0) is 44.3 Å². The number of carbonyl (C=O) groups excluding carboxylic acids is 2. The first-order valence-corrected chi connectivity index (χ1v) is 8.44. The molecule has 0 saturated carbocycles. The van der Waals surface area contributed by atoms with Gasteiger partial charge >= 0.3 is 0 Å². The lowest BCUT2D eigenvalue weighted by Crippen LogP contribution is -2.44. The van der Waals surface area contributed by atoms with Gasteiger partial charge in [0.15, 0.2) is 5.65 Å². The van der Waals surface area contributed by atoms with Crippen LogP contribution in [0.3, 0.4) is 0 Å². The van der Waals surface area contributed by atoms with Crippen molar-refractivity contribution in [1.82, 2.24) is 25.0 Å². The number of rotatable bonds is 5. The van der Waals surface area contributed by atoms with E-state index in [2.05, 4.69) is 15.2 Å². The maximum Gasteiger partial charge on any atom is 0.261 e. The summed E-state index contributed by atoms with van der Waals surface area (Å²) in [5.41, 5.74) is 2.75. The summed E-state index contributed by atoms with van der Waals surface area (Å²) in [7, 11) is 3.90. The minimum absolute atomic E-state index is 0.0108. The van der Waals surface area contributed by atoms with Gasteiger partial charge in [-0.2, -0.15) is 5.10 Å². The summed E-state index contributed by atoms with van der Waals surface area (Å²) in [5.74, 6) is -0.443. The van der Waals surface area contributed by atoms with Crippen LogP contribution in [0.4, 0.5) is 0 Å². The lowest BCUT2D eigenvalue weighted by Gasteiger charge is -2.28. The van der Waals surface area contributed by atoms with E-state index in [1.165, 1.54) is 4.90 Å². The summed E-state index contributed by atoms with van der Waals surface area (Å²) in [6.45, 7) is 0.336. The number of nitrogens with one attached hydrogen (secondary N) is 1. The average molecular weight is 349 g/mol. The van der Waals surface area contributed by atoms with Crippen molar-refractivity contribution in [2.24, 2.45) is 0 Å². The third-order valence-corrected chi connectivity index (χ3v) is 4.82. The Morgan fingerprint density at radius 2 is 1.81 bits per heavy atom. The van der Waals surface area contributed by atoms with E-state index < -0.39 is 0 Å². The molecule has 0 fully saturated rings. The van der Waals surface area contributed by atoms with Crippen LogP contribution in [0, 0.1) is 0 Å². The molecule has 4 rings (SSSR count). The van der Waals surface area contributed by atoms with Crippen LogP contribution in [-0.2, 0) is 6.42 Å². The number of fused-ring (bicyclic) bond motifs is 2. The average Bonchev–Trinajstić information content (AvgIpc) is 3.19. The van der Waals surface area contributed by atoms with Crippen molar-refractivity contribution >= 4 is 22.8 Å². The summed E-state index contributed by atoms with van der Waals surface area (Å²) in [4.78, 5) is 33.0. The number of aromatic nitrogens is 3. The van der Waals surface area contributed by atoms with Crippen molar-refractivity contribution in [1.29, 1.82) is 0 Å². The van der Waals surface area contributed by atoms with E-state index in [9.17, 15) is 9.59 Å². The van der Waals surface area contributed by atoms with Crippen LogP contribution < -0.4 is 0 Å². The summed E-state index contributed by atoms with van der Waals surface area (Å²) in [6.07, 6.45) is 4.22. The number of imide groups is 1. The number of amides is 2. The van der Waals surface area contributed by atoms with Gasteiger partial charge in [0.2, 0.25) is 0 Å². The molecule has 0 radical (unpaired) electrons. The van der Waals surface area contributed by atoms with Gasteiger partial charge < -0.3 is 4.90 Å². The van der Waals surface area contributed by atoms with E-state index in [0.29, 0.717) is 24.1 Å².